The Morgan fingerprint density at radius 2 is 1.75 bits per heavy atom. The van der Waals surface area contributed by atoms with Crippen molar-refractivity contribution >= 4 is 28.9 Å². The Morgan fingerprint density at radius 3 is 2.39 bits per heavy atom. The topological polar surface area (TPSA) is 54.0 Å². The van der Waals surface area contributed by atoms with E-state index in [0.717, 1.165) is 26.2 Å². The number of carbonyl (C=O) groups excluding carboxylic acids is 1. The molecule has 1 aliphatic rings. The van der Waals surface area contributed by atoms with Crippen LogP contribution in [0.4, 0.5) is 11.4 Å². The van der Waals surface area contributed by atoms with Crippen molar-refractivity contribution in [2.24, 2.45) is 0 Å². The summed E-state index contributed by atoms with van der Waals surface area (Å²) in [6.45, 7) is 5.93. The third-order valence-electron chi connectivity index (χ3n) is 4.94. The third-order valence-corrected chi connectivity index (χ3v) is 5.24. The van der Waals surface area contributed by atoms with E-state index in [-0.39, 0.29) is 5.91 Å². The highest BCUT2D eigenvalue weighted by Crippen LogP contribution is 2.35. The quantitative estimate of drug-likeness (QED) is 0.800. The standard InChI is InChI=1S/C21H26ClN3O3/c1-15-6-4-5-7-18(15)25-10-8-24(9-11-25)14-21(26)23-17-13-19(27-2)16(22)12-20(17)28-3/h4-7,12-13H,8-11,14H2,1-3H3,(H,23,26). The van der Waals surface area contributed by atoms with Crippen LogP contribution >= 0.6 is 11.6 Å². The number of piperazine rings is 1. The van der Waals surface area contributed by atoms with Gasteiger partial charge in [-0.1, -0.05) is 29.8 Å². The number of anilines is 2. The molecule has 150 valence electrons. The summed E-state index contributed by atoms with van der Waals surface area (Å²) in [6.07, 6.45) is 0. The molecule has 28 heavy (non-hydrogen) atoms. The van der Waals surface area contributed by atoms with Gasteiger partial charge in [-0.3, -0.25) is 9.69 Å². The second-order valence-electron chi connectivity index (χ2n) is 6.78. The van der Waals surface area contributed by atoms with Crippen molar-refractivity contribution < 1.29 is 14.3 Å². The van der Waals surface area contributed by atoms with Crippen molar-refractivity contribution in [2.45, 2.75) is 6.92 Å². The molecular weight excluding hydrogens is 378 g/mol. The summed E-state index contributed by atoms with van der Waals surface area (Å²) < 4.78 is 10.5. The van der Waals surface area contributed by atoms with Crippen molar-refractivity contribution in [1.29, 1.82) is 0 Å². The minimum absolute atomic E-state index is 0.0907. The van der Waals surface area contributed by atoms with Gasteiger partial charge in [0.25, 0.3) is 0 Å². The number of ether oxygens (including phenoxy) is 2. The average Bonchev–Trinajstić information content (AvgIpc) is 2.70. The lowest BCUT2D eigenvalue weighted by Gasteiger charge is -2.36. The van der Waals surface area contributed by atoms with Gasteiger partial charge in [-0.25, -0.2) is 0 Å². The predicted molar refractivity (Wildman–Crippen MR) is 113 cm³/mol. The molecule has 0 bridgehead atoms. The van der Waals surface area contributed by atoms with Gasteiger partial charge in [-0.2, -0.15) is 0 Å². The lowest BCUT2D eigenvalue weighted by Crippen LogP contribution is -2.48. The van der Waals surface area contributed by atoms with Gasteiger partial charge in [0.05, 0.1) is 31.5 Å². The summed E-state index contributed by atoms with van der Waals surface area (Å²) in [5, 5.41) is 3.34. The number of benzene rings is 2. The molecule has 2 aromatic carbocycles. The van der Waals surface area contributed by atoms with Crippen LogP contribution in [-0.4, -0.2) is 57.8 Å². The molecular formula is C21H26ClN3O3. The number of hydrogen-bond acceptors (Lipinski definition) is 5. The lowest BCUT2D eigenvalue weighted by molar-refractivity contribution is -0.117. The van der Waals surface area contributed by atoms with E-state index in [9.17, 15) is 4.79 Å². The smallest absolute Gasteiger partial charge is 0.238 e. The first-order valence-electron chi connectivity index (χ1n) is 9.26. The number of nitrogens with one attached hydrogen (secondary N) is 1. The zero-order valence-electron chi connectivity index (χ0n) is 16.5. The molecule has 3 rings (SSSR count). The van der Waals surface area contributed by atoms with Crippen LogP contribution in [0, 0.1) is 6.92 Å². The van der Waals surface area contributed by atoms with Crippen LogP contribution in [0.25, 0.3) is 0 Å². The summed E-state index contributed by atoms with van der Waals surface area (Å²) in [4.78, 5) is 17.1. The van der Waals surface area contributed by atoms with Crippen LogP contribution in [0.2, 0.25) is 5.02 Å². The van der Waals surface area contributed by atoms with Gasteiger partial charge in [-0.05, 0) is 18.6 Å². The Kier molecular flexibility index (Phi) is 6.65. The van der Waals surface area contributed by atoms with E-state index in [4.69, 9.17) is 21.1 Å². The summed E-state index contributed by atoms with van der Waals surface area (Å²) in [5.41, 5.74) is 3.09. The SMILES string of the molecule is COc1cc(NC(=O)CN2CCN(c3ccccc3C)CC2)c(OC)cc1Cl. The molecule has 0 saturated carbocycles. The van der Waals surface area contributed by atoms with E-state index in [1.165, 1.54) is 18.4 Å². The van der Waals surface area contributed by atoms with Crippen LogP contribution < -0.4 is 19.7 Å². The van der Waals surface area contributed by atoms with Crippen molar-refractivity contribution in [3.8, 4) is 11.5 Å². The van der Waals surface area contributed by atoms with Gasteiger partial charge >= 0.3 is 0 Å². The number of hydrogen-bond donors (Lipinski definition) is 1. The molecule has 1 aliphatic heterocycles. The highest BCUT2D eigenvalue weighted by Gasteiger charge is 2.21. The largest absolute Gasteiger partial charge is 0.495 e. The fraction of sp³-hybridized carbons (Fsp3) is 0.381. The second kappa shape index (κ2) is 9.17. The fourth-order valence-corrected chi connectivity index (χ4v) is 3.65. The van der Waals surface area contributed by atoms with E-state index in [1.54, 1.807) is 19.2 Å². The highest BCUT2D eigenvalue weighted by molar-refractivity contribution is 6.32. The first-order chi connectivity index (χ1) is 13.5. The van der Waals surface area contributed by atoms with Crippen molar-refractivity contribution in [1.82, 2.24) is 4.90 Å². The zero-order chi connectivity index (χ0) is 20.1. The molecule has 7 heteroatoms. The van der Waals surface area contributed by atoms with Gasteiger partial charge in [0, 0.05) is 44.0 Å². The maximum Gasteiger partial charge on any atom is 0.238 e. The predicted octanol–water partition coefficient (Wildman–Crippen LogP) is 3.43. The molecule has 6 nitrogen and oxygen atoms in total. The van der Waals surface area contributed by atoms with Crippen LogP contribution in [0.5, 0.6) is 11.5 Å². The first-order valence-corrected chi connectivity index (χ1v) is 9.64. The maximum atomic E-state index is 12.5. The summed E-state index contributed by atoms with van der Waals surface area (Å²) in [7, 11) is 3.08. The van der Waals surface area contributed by atoms with Gasteiger partial charge < -0.3 is 19.7 Å². The van der Waals surface area contributed by atoms with Crippen LogP contribution in [-0.2, 0) is 4.79 Å². The zero-order valence-corrected chi connectivity index (χ0v) is 17.3. The van der Waals surface area contributed by atoms with E-state index < -0.39 is 0 Å². The molecule has 0 aliphatic carbocycles. The molecule has 0 spiro atoms. The molecule has 1 saturated heterocycles. The lowest BCUT2D eigenvalue weighted by atomic mass is 10.1. The number of para-hydroxylation sites is 1. The number of aryl methyl sites for hydroxylation is 1. The van der Waals surface area contributed by atoms with Crippen LogP contribution in [0.1, 0.15) is 5.56 Å². The summed E-state index contributed by atoms with van der Waals surface area (Å²) in [5.74, 6) is 0.903. The number of carbonyl (C=O) groups is 1. The summed E-state index contributed by atoms with van der Waals surface area (Å²) in [6, 6.07) is 11.7. The number of amides is 1. The Balaban J connectivity index is 1.57. The molecule has 1 N–H and O–H groups in total. The Morgan fingerprint density at radius 1 is 1.07 bits per heavy atom. The first kappa shape index (κ1) is 20.3. The average molecular weight is 404 g/mol. The normalized spacial score (nSPS) is 14.6. The van der Waals surface area contributed by atoms with Gasteiger partial charge in [-0.15, -0.1) is 0 Å². The summed E-state index contributed by atoms with van der Waals surface area (Å²) >= 11 is 6.12. The monoisotopic (exact) mass is 403 g/mol. The minimum atomic E-state index is -0.0907. The van der Waals surface area contributed by atoms with Crippen molar-refractivity contribution in [3.05, 3.63) is 47.0 Å². The highest BCUT2D eigenvalue weighted by atomic mass is 35.5. The number of nitrogens with zero attached hydrogens (tertiary/aromatic N) is 2. The molecule has 1 fully saturated rings. The molecule has 2 aromatic rings. The van der Waals surface area contributed by atoms with E-state index in [1.807, 2.05) is 0 Å². The molecule has 1 heterocycles. The van der Waals surface area contributed by atoms with E-state index in [2.05, 4.69) is 46.3 Å². The van der Waals surface area contributed by atoms with Gasteiger partial charge in [0.15, 0.2) is 0 Å². The van der Waals surface area contributed by atoms with Crippen molar-refractivity contribution in [2.75, 3.05) is 57.2 Å². The minimum Gasteiger partial charge on any atom is -0.495 e. The molecule has 0 unspecified atom stereocenters. The number of halogens is 1. The van der Waals surface area contributed by atoms with Gasteiger partial charge in [0.2, 0.25) is 5.91 Å². The van der Waals surface area contributed by atoms with Crippen LogP contribution in [0.3, 0.4) is 0 Å². The Labute approximate surface area is 171 Å². The number of rotatable bonds is 6. The molecule has 0 aromatic heterocycles. The van der Waals surface area contributed by atoms with E-state index in [0.29, 0.717) is 28.8 Å². The Hall–Kier alpha value is -2.44. The molecule has 0 radical (unpaired) electrons. The fourth-order valence-electron chi connectivity index (χ4n) is 3.42. The third kappa shape index (κ3) is 4.69. The van der Waals surface area contributed by atoms with Crippen LogP contribution in [0.15, 0.2) is 36.4 Å². The van der Waals surface area contributed by atoms with E-state index >= 15 is 0 Å². The maximum absolute atomic E-state index is 12.5. The van der Waals surface area contributed by atoms with Gasteiger partial charge in [0.1, 0.15) is 11.5 Å². The molecule has 0 atom stereocenters. The number of methoxy groups -OCH3 is 2. The Bertz CT molecular complexity index is 836. The second-order valence-corrected chi connectivity index (χ2v) is 7.19. The van der Waals surface area contributed by atoms with Crippen molar-refractivity contribution in [3.63, 3.8) is 0 Å². The molecule has 1 amide bonds.